The highest BCUT2D eigenvalue weighted by Gasteiger charge is 2.22. The lowest BCUT2D eigenvalue weighted by Crippen LogP contribution is -2.11. The van der Waals surface area contributed by atoms with E-state index >= 15 is 0 Å². The molecule has 0 unspecified atom stereocenters. The second-order valence-corrected chi connectivity index (χ2v) is 11.7. The number of benzene rings is 2. The Kier molecular flexibility index (Phi) is 9.15. The molecule has 1 heterocycles. The van der Waals surface area contributed by atoms with Gasteiger partial charge in [0.15, 0.2) is 9.84 Å². The predicted molar refractivity (Wildman–Crippen MR) is 149 cm³/mol. The fraction of sp³-hybridized carbons (Fsp3) is 0.240. The van der Waals surface area contributed by atoms with Crippen LogP contribution in [0.25, 0.3) is 17.2 Å². The standard InChI is InChI=1S/C25H27BrN4O4S2/c1-15(2)19-11-6-7-12-20(19)28-23(21(26)22(27)16(3)33-14-35-4)25-30-29-24(34-25)17-9-8-10-18(13-17)36(5,31)32/h6-13,15,27-28H,3,14H2,1-2,4-5H3/b23-21+,27-22?. The summed E-state index contributed by atoms with van der Waals surface area (Å²) in [5, 5.41) is 20.3. The molecule has 2 aromatic carbocycles. The van der Waals surface area contributed by atoms with Crippen LogP contribution in [0.4, 0.5) is 5.69 Å². The number of rotatable bonds is 11. The number of nitrogens with one attached hydrogen (secondary N) is 2. The lowest BCUT2D eigenvalue weighted by Gasteiger charge is -2.17. The SMILES string of the molecule is C=C(OCSC)C(=N)/C(Br)=C(\Nc1ccccc1C(C)C)c1nnc(-c2cccc(S(C)(=O)=O)c2)o1. The van der Waals surface area contributed by atoms with E-state index in [9.17, 15) is 8.42 Å². The van der Waals surface area contributed by atoms with Gasteiger partial charge in [0, 0.05) is 17.5 Å². The van der Waals surface area contributed by atoms with E-state index in [2.05, 4.69) is 51.9 Å². The van der Waals surface area contributed by atoms with Crippen molar-refractivity contribution in [1.82, 2.24) is 10.2 Å². The first kappa shape index (κ1) is 27.7. The first-order valence-electron chi connectivity index (χ1n) is 10.8. The van der Waals surface area contributed by atoms with Gasteiger partial charge in [0.1, 0.15) is 23.1 Å². The van der Waals surface area contributed by atoms with E-state index in [4.69, 9.17) is 14.6 Å². The molecule has 0 radical (unpaired) electrons. The Bertz CT molecular complexity index is 1410. The van der Waals surface area contributed by atoms with Crippen molar-refractivity contribution >= 4 is 54.6 Å². The minimum atomic E-state index is -3.41. The first-order valence-corrected chi connectivity index (χ1v) is 14.9. The lowest BCUT2D eigenvalue weighted by atomic mass is 10.0. The molecule has 2 N–H and O–H groups in total. The molecule has 0 bridgehead atoms. The van der Waals surface area contributed by atoms with Crippen LogP contribution in [0.3, 0.4) is 0 Å². The van der Waals surface area contributed by atoms with Crippen molar-refractivity contribution in [3.8, 4) is 11.5 Å². The van der Waals surface area contributed by atoms with Gasteiger partial charge in [-0.25, -0.2) is 8.42 Å². The van der Waals surface area contributed by atoms with Crippen LogP contribution in [0.5, 0.6) is 0 Å². The highest BCUT2D eigenvalue weighted by atomic mass is 79.9. The van der Waals surface area contributed by atoms with E-state index in [0.29, 0.717) is 21.7 Å². The maximum Gasteiger partial charge on any atom is 0.265 e. The van der Waals surface area contributed by atoms with Gasteiger partial charge in [-0.2, -0.15) is 0 Å². The fourth-order valence-corrected chi connectivity index (χ4v) is 4.62. The molecule has 0 amide bonds. The van der Waals surface area contributed by atoms with Crippen LogP contribution in [0, 0.1) is 5.41 Å². The number of ether oxygens (including phenoxy) is 1. The number of hydrogen-bond acceptors (Lipinski definition) is 9. The van der Waals surface area contributed by atoms with Gasteiger partial charge in [0.05, 0.1) is 9.38 Å². The van der Waals surface area contributed by atoms with Gasteiger partial charge in [0.2, 0.25) is 5.89 Å². The van der Waals surface area contributed by atoms with E-state index in [1.165, 1.54) is 23.9 Å². The quantitative estimate of drug-likeness (QED) is 0.151. The summed E-state index contributed by atoms with van der Waals surface area (Å²) >= 11 is 4.96. The van der Waals surface area contributed by atoms with Crippen molar-refractivity contribution in [2.45, 2.75) is 24.7 Å². The lowest BCUT2D eigenvalue weighted by molar-refractivity contribution is 0.297. The number of nitrogens with zero attached hydrogens (tertiary/aromatic N) is 2. The summed E-state index contributed by atoms with van der Waals surface area (Å²) in [5.74, 6) is 0.985. The highest BCUT2D eigenvalue weighted by molar-refractivity contribution is 9.12. The largest absolute Gasteiger partial charge is 0.481 e. The molecular formula is C25H27BrN4O4S2. The third-order valence-electron chi connectivity index (χ3n) is 5.06. The van der Waals surface area contributed by atoms with Crippen molar-refractivity contribution in [1.29, 1.82) is 5.41 Å². The predicted octanol–water partition coefficient (Wildman–Crippen LogP) is 6.31. The van der Waals surface area contributed by atoms with Crippen molar-refractivity contribution < 1.29 is 17.6 Å². The Balaban J connectivity index is 2.09. The van der Waals surface area contributed by atoms with E-state index in [-0.39, 0.29) is 34.1 Å². The number of allylic oxidation sites excluding steroid dienone is 1. The molecule has 3 rings (SSSR count). The minimum Gasteiger partial charge on any atom is -0.481 e. The summed E-state index contributed by atoms with van der Waals surface area (Å²) in [6, 6.07) is 14.1. The molecule has 0 spiro atoms. The number of thioether (sulfide) groups is 1. The second-order valence-electron chi connectivity index (χ2n) is 8.12. The topological polar surface area (TPSA) is 118 Å². The van der Waals surface area contributed by atoms with Crippen molar-refractivity contribution in [3.63, 3.8) is 0 Å². The maximum atomic E-state index is 12.0. The summed E-state index contributed by atoms with van der Waals surface area (Å²) in [6.45, 7) is 8.02. The second kappa shape index (κ2) is 11.9. The maximum absolute atomic E-state index is 12.0. The minimum absolute atomic E-state index is 0.00685. The Morgan fingerprint density at radius 2 is 1.94 bits per heavy atom. The molecule has 0 saturated carbocycles. The van der Waals surface area contributed by atoms with Crippen LogP contribution in [-0.2, 0) is 14.6 Å². The number of para-hydroxylation sites is 1. The van der Waals surface area contributed by atoms with Gasteiger partial charge >= 0.3 is 0 Å². The summed E-state index contributed by atoms with van der Waals surface area (Å²) in [4.78, 5) is 0.143. The summed E-state index contributed by atoms with van der Waals surface area (Å²) in [6.07, 6.45) is 3.02. The Hall–Kier alpha value is -2.89. The van der Waals surface area contributed by atoms with Crippen molar-refractivity contribution in [2.75, 3.05) is 23.8 Å². The number of aromatic nitrogens is 2. The summed E-state index contributed by atoms with van der Waals surface area (Å²) < 4.78 is 35.8. The zero-order valence-electron chi connectivity index (χ0n) is 20.3. The van der Waals surface area contributed by atoms with Gasteiger partial charge in [0.25, 0.3) is 5.89 Å². The van der Waals surface area contributed by atoms with Crippen LogP contribution < -0.4 is 5.32 Å². The molecule has 0 saturated heterocycles. The molecule has 0 aliphatic rings. The first-order chi connectivity index (χ1) is 17.0. The summed E-state index contributed by atoms with van der Waals surface area (Å²) in [5.41, 5.74) is 2.67. The molecule has 0 fully saturated rings. The Labute approximate surface area is 223 Å². The Morgan fingerprint density at radius 1 is 1.22 bits per heavy atom. The molecule has 11 heteroatoms. The van der Waals surface area contributed by atoms with Crippen LogP contribution in [-0.4, -0.2) is 42.8 Å². The molecule has 3 aromatic rings. The zero-order valence-corrected chi connectivity index (χ0v) is 23.6. The van der Waals surface area contributed by atoms with Crippen LogP contribution >= 0.6 is 27.7 Å². The molecule has 0 aliphatic heterocycles. The molecule has 0 aliphatic carbocycles. The normalized spacial score (nSPS) is 12.3. The smallest absolute Gasteiger partial charge is 0.265 e. The molecule has 36 heavy (non-hydrogen) atoms. The van der Waals surface area contributed by atoms with Crippen LogP contribution in [0.15, 0.2) is 74.7 Å². The molecule has 1 aromatic heterocycles. The molecule has 8 nitrogen and oxygen atoms in total. The molecule has 0 atom stereocenters. The van der Waals surface area contributed by atoms with E-state index < -0.39 is 9.84 Å². The highest BCUT2D eigenvalue weighted by Crippen LogP contribution is 2.32. The third kappa shape index (κ3) is 6.65. The van der Waals surface area contributed by atoms with E-state index in [0.717, 1.165) is 17.5 Å². The fourth-order valence-electron chi connectivity index (χ4n) is 3.20. The van der Waals surface area contributed by atoms with Gasteiger partial charge in [-0.05, 0) is 57.9 Å². The van der Waals surface area contributed by atoms with E-state index in [1.807, 2.05) is 30.5 Å². The average molecular weight is 592 g/mol. The van der Waals surface area contributed by atoms with Crippen molar-refractivity contribution in [2.24, 2.45) is 0 Å². The Morgan fingerprint density at radius 3 is 2.61 bits per heavy atom. The monoisotopic (exact) mass is 590 g/mol. The average Bonchev–Trinajstić information content (AvgIpc) is 3.34. The van der Waals surface area contributed by atoms with Gasteiger partial charge in [-0.15, -0.1) is 22.0 Å². The van der Waals surface area contributed by atoms with Crippen molar-refractivity contribution in [3.05, 3.63) is 76.8 Å². The van der Waals surface area contributed by atoms with Gasteiger partial charge in [-0.1, -0.05) is 44.7 Å². The van der Waals surface area contributed by atoms with Gasteiger partial charge in [-0.3, -0.25) is 5.41 Å². The number of sulfone groups is 1. The third-order valence-corrected chi connectivity index (χ3v) is 7.32. The van der Waals surface area contributed by atoms with E-state index in [1.54, 1.807) is 12.1 Å². The van der Waals surface area contributed by atoms with Crippen LogP contribution in [0.1, 0.15) is 31.2 Å². The number of anilines is 1. The van der Waals surface area contributed by atoms with Crippen LogP contribution in [0.2, 0.25) is 0 Å². The molecular weight excluding hydrogens is 564 g/mol. The van der Waals surface area contributed by atoms with Gasteiger partial charge < -0.3 is 14.5 Å². The number of halogens is 1. The summed E-state index contributed by atoms with van der Waals surface area (Å²) in [7, 11) is -3.41. The zero-order chi connectivity index (χ0) is 26.5. The molecule has 190 valence electrons. The number of hydrogen-bond donors (Lipinski definition) is 2.